The summed E-state index contributed by atoms with van der Waals surface area (Å²) in [6, 6.07) is 7.63. The van der Waals surface area contributed by atoms with Gasteiger partial charge < -0.3 is 23.7 Å². The third-order valence-corrected chi connectivity index (χ3v) is 5.85. The van der Waals surface area contributed by atoms with Crippen LogP contribution in [0.3, 0.4) is 0 Å². The first-order chi connectivity index (χ1) is 16.2. The average molecular weight is 466 g/mol. The number of aromatic nitrogens is 2. The zero-order chi connectivity index (χ0) is 24.5. The van der Waals surface area contributed by atoms with Gasteiger partial charge in [0.2, 0.25) is 0 Å². The normalized spacial score (nSPS) is 14.8. The molecule has 0 atom stereocenters. The van der Waals surface area contributed by atoms with Gasteiger partial charge in [-0.15, -0.1) is 0 Å². The lowest BCUT2D eigenvalue weighted by atomic mass is 10.0. The summed E-state index contributed by atoms with van der Waals surface area (Å²) in [6.07, 6.45) is 6.22. The summed E-state index contributed by atoms with van der Waals surface area (Å²) in [5.74, 6) is 1.26. The van der Waals surface area contributed by atoms with Crippen molar-refractivity contribution < 1.29 is 19.0 Å². The predicted octanol–water partition coefficient (Wildman–Crippen LogP) is 4.39. The van der Waals surface area contributed by atoms with Gasteiger partial charge in [0.25, 0.3) is 5.56 Å². The summed E-state index contributed by atoms with van der Waals surface area (Å²) in [5.41, 5.74) is 1.23. The smallest absolute Gasteiger partial charge is 0.410 e. The topological polar surface area (TPSA) is 82.9 Å². The highest BCUT2D eigenvalue weighted by molar-refractivity contribution is 5.95. The minimum atomic E-state index is -0.508. The van der Waals surface area contributed by atoms with E-state index in [0.717, 1.165) is 16.5 Å². The summed E-state index contributed by atoms with van der Waals surface area (Å²) in [4.78, 5) is 30.6. The second kappa shape index (κ2) is 9.37. The van der Waals surface area contributed by atoms with Crippen molar-refractivity contribution in [2.24, 2.45) is 7.05 Å². The number of carbonyl (C=O) groups is 1. The number of pyridine rings is 2. The first-order valence-corrected chi connectivity index (χ1v) is 11.4. The molecule has 180 valence electrons. The van der Waals surface area contributed by atoms with Gasteiger partial charge >= 0.3 is 6.09 Å². The summed E-state index contributed by atoms with van der Waals surface area (Å²) in [6.45, 7) is 6.76. The van der Waals surface area contributed by atoms with Crippen LogP contribution in [0.4, 0.5) is 4.79 Å². The van der Waals surface area contributed by atoms with Crippen LogP contribution in [0.25, 0.3) is 21.9 Å². The van der Waals surface area contributed by atoms with Gasteiger partial charge in [0, 0.05) is 57.1 Å². The number of piperidine rings is 1. The Morgan fingerprint density at radius 2 is 1.82 bits per heavy atom. The van der Waals surface area contributed by atoms with E-state index in [1.54, 1.807) is 36.0 Å². The van der Waals surface area contributed by atoms with Crippen molar-refractivity contribution in [3.63, 3.8) is 0 Å². The quantitative estimate of drug-likeness (QED) is 0.568. The van der Waals surface area contributed by atoms with E-state index in [2.05, 4.69) is 4.98 Å². The number of aryl methyl sites for hydroxylation is 1. The van der Waals surface area contributed by atoms with E-state index in [9.17, 15) is 9.59 Å². The Morgan fingerprint density at radius 1 is 1.09 bits per heavy atom. The Bertz CT molecular complexity index is 1250. The van der Waals surface area contributed by atoms with Gasteiger partial charge in [-0.3, -0.25) is 9.78 Å². The molecule has 1 aliphatic rings. The van der Waals surface area contributed by atoms with Crippen molar-refractivity contribution in [3.05, 3.63) is 53.2 Å². The highest BCUT2D eigenvalue weighted by Gasteiger charge is 2.28. The van der Waals surface area contributed by atoms with Gasteiger partial charge in [0.05, 0.1) is 12.5 Å². The molecular formula is C26H31N3O5. The first kappa shape index (κ1) is 23.6. The van der Waals surface area contributed by atoms with Gasteiger partial charge in [-0.05, 0) is 49.9 Å². The molecule has 0 radical (unpaired) electrons. The van der Waals surface area contributed by atoms with Gasteiger partial charge in [0.1, 0.15) is 11.7 Å². The Hall–Kier alpha value is -3.55. The fourth-order valence-electron chi connectivity index (χ4n) is 4.14. The number of hydrogen-bond donors (Lipinski definition) is 0. The number of nitrogens with zero attached hydrogens (tertiary/aromatic N) is 3. The highest BCUT2D eigenvalue weighted by atomic mass is 16.6. The number of amides is 1. The van der Waals surface area contributed by atoms with Gasteiger partial charge in [-0.1, -0.05) is 6.07 Å². The summed E-state index contributed by atoms with van der Waals surface area (Å²) in [5, 5.41) is 1.40. The Morgan fingerprint density at radius 3 is 2.50 bits per heavy atom. The largest absolute Gasteiger partial charge is 0.493 e. The lowest BCUT2D eigenvalue weighted by Crippen LogP contribution is -2.44. The Balaban J connectivity index is 1.52. The van der Waals surface area contributed by atoms with Crippen molar-refractivity contribution in [3.8, 4) is 22.6 Å². The van der Waals surface area contributed by atoms with E-state index in [1.807, 2.05) is 51.2 Å². The molecule has 1 saturated heterocycles. The van der Waals surface area contributed by atoms with Crippen LogP contribution < -0.4 is 15.0 Å². The van der Waals surface area contributed by atoms with Crippen molar-refractivity contribution in [1.29, 1.82) is 0 Å². The van der Waals surface area contributed by atoms with Crippen LogP contribution in [-0.4, -0.2) is 52.4 Å². The molecular weight excluding hydrogens is 434 g/mol. The highest BCUT2D eigenvalue weighted by Crippen LogP contribution is 2.36. The predicted molar refractivity (Wildman–Crippen MR) is 130 cm³/mol. The monoisotopic (exact) mass is 465 g/mol. The van der Waals surface area contributed by atoms with Crippen molar-refractivity contribution in [2.45, 2.75) is 45.3 Å². The molecule has 4 rings (SSSR count). The average Bonchev–Trinajstić information content (AvgIpc) is 2.81. The molecule has 8 heteroatoms. The standard InChI is InChI=1S/C26H31N3O5/c1-26(2,3)34-25(31)29-12-9-18(10-13-29)33-22-7-6-17(14-23(22)32-5)21-16-28(4)24(30)20-15-27-11-8-19(20)21/h6-8,11,14-16,18H,9-10,12-13H2,1-5H3. The summed E-state index contributed by atoms with van der Waals surface area (Å²) in [7, 11) is 3.34. The fourth-order valence-corrected chi connectivity index (χ4v) is 4.14. The van der Waals surface area contributed by atoms with E-state index < -0.39 is 5.60 Å². The molecule has 3 heterocycles. The lowest BCUT2D eigenvalue weighted by Gasteiger charge is -2.33. The molecule has 1 aliphatic heterocycles. The maximum atomic E-state index is 12.5. The third kappa shape index (κ3) is 5.00. The van der Waals surface area contributed by atoms with E-state index >= 15 is 0 Å². The van der Waals surface area contributed by atoms with Gasteiger partial charge in [-0.2, -0.15) is 0 Å². The molecule has 0 aliphatic carbocycles. The number of likely N-dealkylation sites (tertiary alicyclic amines) is 1. The molecule has 0 N–H and O–H groups in total. The van der Waals surface area contributed by atoms with Crippen LogP contribution in [0.2, 0.25) is 0 Å². The number of rotatable bonds is 4. The molecule has 0 unspecified atom stereocenters. The van der Waals surface area contributed by atoms with Crippen LogP contribution >= 0.6 is 0 Å². The molecule has 0 bridgehead atoms. The molecule has 3 aromatic rings. The van der Waals surface area contributed by atoms with Crippen LogP contribution in [0, 0.1) is 0 Å². The van der Waals surface area contributed by atoms with E-state index in [1.165, 1.54) is 0 Å². The lowest BCUT2D eigenvalue weighted by molar-refractivity contribution is 0.0124. The van der Waals surface area contributed by atoms with Crippen molar-refractivity contribution in [2.75, 3.05) is 20.2 Å². The molecule has 8 nitrogen and oxygen atoms in total. The number of benzene rings is 1. The molecule has 0 spiro atoms. The van der Waals surface area contributed by atoms with Crippen LogP contribution in [0.1, 0.15) is 33.6 Å². The SMILES string of the molecule is COc1cc(-c2cn(C)c(=O)c3cnccc23)ccc1OC1CCN(C(=O)OC(C)(C)C)CC1. The molecule has 34 heavy (non-hydrogen) atoms. The molecule has 1 amide bonds. The molecule has 2 aromatic heterocycles. The summed E-state index contributed by atoms with van der Waals surface area (Å²) >= 11 is 0. The van der Waals surface area contributed by atoms with Crippen LogP contribution in [0.5, 0.6) is 11.5 Å². The number of methoxy groups -OCH3 is 1. The minimum Gasteiger partial charge on any atom is -0.493 e. The molecule has 1 aromatic carbocycles. The molecule has 1 fully saturated rings. The number of fused-ring (bicyclic) bond motifs is 1. The second-order valence-electron chi connectivity index (χ2n) is 9.53. The second-order valence-corrected chi connectivity index (χ2v) is 9.53. The number of carbonyl (C=O) groups excluding carboxylic acids is 1. The fraction of sp³-hybridized carbons (Fsp3) is 0.423. The van der Waals surface area contributed by atoms with Crippen molar-refractivity contribution in [1.82, 2.24) is 14.5 Å². The maximum Gasteiger partial charge on any atom is 0.410 e. The number of ether oxygens (including phenoxy) is 3. The van der Waals surface area contributed by atoms with Gasteiger partial charge in [-0.25, -0.2) is 4.79 Å². The van der Waals surface area contributed by atoms with E-state index in [4.69, 9.17) is 14.2 Å². The van der Waals surface area contributed by atoms with E-state index in [0.29, 0.717) is 42.8 Å². The Labute approximate surface area is 199 Å². The number of hydrogen-bond acceptors (Lipinski definition) is 6. The molecule has 0 saturated carbocycles. The van der Waals surface area contributed by atoms with Crippen LogP contribution in [0.15, 0.2) is 47.7 Å². The minimum absolute atomic E-state index is 0.0251. The Kier molecular flexibility index (Phi) is 6.50. The zero-order valence-electron chi connectivity index (χ0n) is 20.3. The van der Waals surface area contributed by atoms with Gasteiger partial charge in [0.15, 0.2) is 11.5 Å². The van der Waals surface area contributed by atoms with E-state index in [-0.39, 0.29) is 17.8 Å². The first-order valence-electron chi connectivity index (χ1n) is 11.4. The third-order valence-electron chi connectivity index (χ3n) is 5.85. The maximum absolute atomic E-state index is 12.5. The van der Waals surface area contributed by atoms with Crippen molar-refractivity contribution >= 4 is 16.9 Å². The zero-order valence-corrected chi connectivity index (χ0v) is 20.3. The van der Waals surface area contributed by atoms with Crippen LogP contribution in [-0.2, 0) is 11.8 Å². The summed E-state index contributed by atoms with van der Waals surface area (Å²) < 4.78 is 18.9.